The highest BCUT2D eigenvalue weighted by molar-refractivity contribution is 5.95. The number of rotatable bonds is 5. The molecular weight excluding hydrogens is 417 g/mol. The summed E-state index contributed by atoms with van der Waals surface area (Å²) in [7, 11) is 0. The Labute approximate surface area is 189 Å². The summed E-state index contributed by atoms with van der Waals surface area (Å²) in [6, 6.07) is 5.67. The Morgan fingerprint density at radius 1 is 0.970 bits per heavy atom. The number of nitrogens with one attached hydrogen (secondary N) is 2. The molecule has 0 radical (unpaired) electrons. The molecule has 2 N–H and O–H groups in total. The van der Waals surface area contributed by atoms with E-state index in [1.807, 2.05) is 32.0 Å². The molecule has 5 rings (SSSR count). The van der Waals surface area contributed by atoms with E-state index in [1.165, 1.54) is 0 Å². The Hall–Kier alpha value is -4.46. The van der Waals surface area contributed by atoms with E-state index in [-0.39, 0.29) is 5.69 Å². The third kappa shape index (κ3) is 3.61. The highest BCUT2D eigenvalue weighted by atomic mass is 19.1. The standard InChI is InChI=1S/C25H20FN7/c1-14-6-8-28-10-18(14)25-23(26)22-21(13-30-25)32-33-24(22)16(3)31-20-12-29-11-19(15(20)2)17-5-4-7-27-9-17/h4-13,31H,3H2,1-2H3,(H,32,33). The fourth-order valence-corrected chi connectivity index (χ4v) is 3.78. The van der Waals surface area contributed by atoms with E-state index in [1.54, 1.807) is 43.4 Å². The minimum atomic E-state index is -0.478. The van der Waals surface area contributed by atoms with Gasteiger partial charge in [-0.2, -0.15) is 5.10 Å². The smallest absolute Gasteiger partial charge is 0.161 e. The maximum Gasteiger partial charge on any atom is 0.161 e. The van der Waals surface area contributed by atoms with Crippen molar-refractivity contribution in [2.75, 3.05) is 5.32 Å². The molecule has 0 bridgehead atoms. The molecule has 5 aromatic heterocycles. The fourth-order valence-electron chi connectivity index (χ4n) is 3.78. The van der Waals surface area contributed by atoms with Gasteiger partial charge in [0.2, 0.25) is 0 Å². The number of aryl methyl sites for hydroxylation is 1. The van der Waals surface area contributed by atoms with Crippen LogP contribution in [0.3, 0.4) is 0 Å². The first-order chi connectivity index (χ1) is 16.0. The van der Waals surface area contributed by atoms with E-state index < -0.39 is 5.82 Å². The number of anilines is 1. The summed E-state index contributed by atoms with van der Waals surface area (Å²) >= 11 is 0. The summed E-state index contributed by atoms with van der Waals surface area (Å²) < 4.78 is 15.7. The van der Waals surface area contributed by atoms with Crippen LogP contribution in [0.25, 0.3) is 39.0 Å². The van der Waals surface area contributed by atoms with E-state index in [2.05, 4.69) is 42.0 Å². The number of aromatic nitrogens is 6. The lowest BCUT2D eigenvalue weighted by Crippen LogP contribution is -2.03. The van der Waals surface area contributed by atoms with Crippen molar-refractivity contribution in [2.45, 2.75) is 13.8 Å². The minimum Gasteiger partial charge on any atom is -0.353 e. The zero-order valence-corrected chi connectivity index (χ0v) is 18.1. The lowest BCUT2D eigenvalue weighted by Gasteiger charge is -2.14. The van der Waals surface area contributed by atoms with Crippen molar-refractivity contribution < 1.29 is 4.39 Å². The van der Waals surface area contributed by atoms with Crippen molar-refractivity contribution in [3.05, 3.63) is 90.8 Å². The topological polar surface area (TPSA) is 92.3 Å². The van der Waals surface area contributed by atoms with Gasteiger partial charge in [-0.3, -0.25) is 25.0 Å². The first-order valence-corrected chi connectivity index (χ1v) is 10.3. The zero-order chi connectivity index (χ0) is 22.9. The van der Waals surface area contributed by atoms with Crippen molar-refractivity contribution in [1.29, 1.82) is 0 Å². The Morgan fingerprint density at radius 3 is 2.58 bits per heavy atom. The maximum atomic E-state index is 15.7. The Balaban J connectivity index is 1.54. The molecule has 0 saturated heterocycles. The van der Waals surface area contributed by atoms with Crippen LogP contribution in [-0.2, 0) is 0 Å². The number of hydrogen-bond donors (Lipinski definition) is 2. The van der Waals surface area contributed by atoms with Crippen molar-refractivity contribution in [3.8, 4) is 22.4 Å². The number of nitrogens with zero attached hydrogens (tertiary/aromatic N) is 5. The van der Waals surface area contributed by atoms with Crippen LogP contribution < -0.4 is 5.32 Å². The number of halogens is 1. The first-order valence-electron chi connectivity index (χ1n) is 10.3. The molecule has 0 aliphatic carbocycles. The van der Waals surface area contributed by atoms with Crippen molar-refractivity contribution in [3.63, 3.8) is 0 Å². The van der Waals surface area contributed by atoms with Gasteiger partial charge in [0.05, 0.1) is 34.7 Å². The summed E-state index contributed by atoms with van der Waals surface area (Å²) in [6.07, 6.45) is 11.9. The number of fused-ring (bicyclic) bond motifs is 1. The molecule has 0 aliphatic rings. The second kappa shape index (κ2) is 8.23. The third-order valence-electron chi connectivity index (χ3n) is 5.60. The van der Waals surface area contributed by atoms with Crippen molar-refractivity contribution >= 4 is 22.3 Å². The average molecular weight is 437 g/mol. The number of pyridine rings is 4. The van der Waals surface area contributed by atoms with Gasteiger partial charge < -0.3 is 5.32 Å². The van der Waals surface area contributed by atoms with Crippen LogP contribution in [-0.4, -0.2) is 30.1 Å². The number of H-pyrrole nitrogens is 1. The molecule has 0 fully saturated rings. The summed E-state index contributed by atoms with van der Waals surface area (Å²) in [5, 5.41) is 10.7. The molecule has 0 amide bonds. The Morgan fingerprint density at radius 2 is 1.79 bits per heavy atom. The van der Waals surface area contributed by atoms with E-state index in [9.17, 15) is 0 Å². The van der Waals surface area contributed by atoms with Crippen LogP contribution in [0.15, 0.2) is 68.2 Å². The molecule has 162 valence electrons. The number of aromatic amines is 1. The second-order valence-electron chi connectivity index (χ2n) is 7.68. The molecule has 5 heterocycles. The van der Waals surface area contributed by atoms with Crippen LogP contribution >= 0.6 is 0 Å². The van der Waals surface area contributed by atoms with Crippen molar-refractivity contribution in [1.82, 2.24) is 30.1 Å². The zero-order valence-electron chi connectivity index (χ0n) is 18.1. The highest BCUT2D eigenvalue weighted by Gasteiger charge is 2.20. The molecule has 0 saturated carbocycles. The molecule has 8 heteroatoms. The lowest BCUT2D eigenvalue weighted by atomic mass is 10.0. The van der Waals surface area contributed by atoms with E-state index >= 15 is 4.39 Å². The van der Waals surface area contributed by atoms with Gasteiger partial charge in [-0.1, -0.05) is 12.6 Å². The lowest BCUT2D eigenvalue weighted by molar-refractivity contribution is 0.637. The van der Waals surface area contributed by atoms with E-state index in [4.69, 9.17) is 0 Å². The monoisotopic (exact) mass is 437 g/mol. The molecule has 5 aromatic rings. The Kier molecular flexibility index (Phi) is 5.10. The molecular formula is C25H20FN7. The van der Waals surface area contributed by atoms with Gasteiger partial charge in [0.15, 0.2) is 5.82 Å². The fraction of sp³-hybridized carbons (Fsp3) is 0.0800. The highest BCUT2D eigenvalue weighted by Crippen LogP contribution is 2.33. The summed E-state index contributed by atoms with van der Waals surface area (Å²) in [5.41, 5.74) is 6.64. The van der Waals surface area contributed by atoms with Gasteiger partial charge in [-0.15, -0.1) is 0 Å². The van der Waals surface area contributed by atoms with Gasteiger partial charge in [0, 0.05) is 47.7 Å². The predicted octanol–water partition coefficient (Wildman–Crippen LogP) is 5.32. The largest absolute Gasteiger partial charge is 0.353 e. The minimum absolute atomic E-state index is 0.222. The maximum absolute atomic E-state index is 15.7. The van der Waals surface area contributed by atoms with Crippen LogP contribution in [0.2, 0.25) is 0 Å². The summed E-state index contributed by atoms with van der Waals surface area (Å²) in [6.45, 7) is 7.99. The first kappa shape index (κ1) is 20.4. The van der Waals surface area contributed by atoms with Crippen LogP contribution in [0.1, 0.15) is 16.8 Å². The summed E-state index contributed by atoms with van der Waals surface area (Å²) in [5.74, 6) is -0.478. The second-order valence-corrected chi connectivity index (χ2v) is 7.68. The van der Waals surface area contributed by atoms with Gasteiger partial charge in [0.1, 0.15) is 11.4 Å². The summed E-state index contributed by atoms with van der Waals surface area (Å²) in [4.78, 5) is 17.0. The molecule has 0 aromatic carbocycles. The van der Waals surface area contributed by atoms with Gasteiger partial charge >= 0.3 is 0 Å². The number of hydrogen-bond acceptors (Lipinski definition) is 6. The molecule has 33 heavy (non-hydrogen) atoms. The normalized spacial score (nSPS) is 11.0. The quantitative estimate of drug-likeness (QED) is 0.387. The van der Waals surface area contributed by atoms with E-state index in [0.717, 1.165) is 27.9 Å². The van der Waals surface area contributed by atoms with Crippen LogP contribution in [0.5, 0.6) is 0 Å². The molecule has 0 atom stereocenters. The van der Waals surface area contributed by atoms with Crippen molar-refractivity contribution in [2.24, 2.45) is 0 Å². The third-order valence-corrected chi connectivity index (χ3v) is 5.60. The van der Waals surface area contributed by atoms with Gasteiger partial charge in [-0.05, 0) is 37.1 Å². The molecule has 7 nitrogen and oxygen atoms in total. The molecule has 0 unspecified atom stereocenters. The average Bonchev–Trinajstić information content (AvgIpc) is 3.27. The van der Waals surface area contributed by atoms with E-state index in [0.29, 0.717) is 27.9 Å². The molecule has 0 aliphatic heterocycles. The van der Waals surface area contributed by atoms with Gasteiger partial charge in [0.25, 0.3) is 0 Å². The Bertz CT molecular complexity index is 1490. The van der Waals surface area contributed by atoms with Crippen LogP contribution in [0, 0.1) is 19.7 Å². The predicted molar refractivity (Wildman–Crippen MR) is 127 cm³/mol. The van der Waals surface area contributed by atoms with Gasteiger partial charge in [-0.25, -0.2) is 4.39 Å². The molecule has 0 spiro atoms. The SMILES string of the molecule is C=C(Nc1cncc(-c2cccnc2)c1C)c1n[nH]c2cnc(-c3cnccc3C)c(F)c12. The van der Waals surface area contributed by atoms with Crippen LogP contribution in [0.4, 0.5) is 10.1 Å².